The molecule has 3 rings (SSSR count). The van der Waals surface area contributed by atoms with Gasteiger partial charge in [-0.2, -0.15) is 9.41 Å². The molecule has 1 heterocycles. The summed E-state index contributed by atoms with van der Waals surface area (Å²) in [6.07, 6.45) is 2.51. The highest BCUT2D eigenvalue weighted by Gasteiger charge is 2.39. The number of methoxy groups -OCH3 is 1. The molecule has 1 saturated heterocycles. The standard InChI is InChI=1S/C19H19BrClN3O4S/c1-28-18-9-4-13(11-16(18)20)12-22-23-19(25)17-3-2-10-24(17)29(26,27)15-7-5-14(21)6-8-15/h4-9,11-12,17H,2-3,10H2,1H3,(H,23,25)/b22-12-/t17-/m0/s1. The maximum Gasteiger partial charge on any atom is 0.258 e. The molecule has 1 N–H and O–H groups in total. The largest absolute Gasteiger partial charge is 0.496 e. The monoisotopic (exact) mass is 499 g/mol. The van der Waals surface area contributed by atoms with Crippen molar-refractivity contribution in [3.05, 3.63) is 57.5 Å². The number of nitrogens with one attached hydrogen (secondary N) is 1. The van der Waals surface area contributed by atoms with E-state index in [1.165, 1.54) is 34.8 Å². The molecule has 0 aliphatic carbocycles. The summed E-state index contributed by atoms with van der Waals surface area (Å²) < 4.78 is 32.9. The van der Waals surface area contributed by atoms with Crippen molar-refractivity contribution < 1.29 is 17.9 Å². The second-order valence-corrected chi connectivity index (χ2v) is 9.54. The molecule has 0 unspecified atom stereocenters. The van der Waals surface area contributed by atoms with Crippen LogP contribution in [0.2, 0.25) is 5.02 Å². The van der Waals surface area contributed by atoms with Crippen LogP contribution in [0.4, 0.5) is 0 Å². The maximum absolute atomic E-state index is 12.9. The molecule has 29 heavy (non-hydrogen) atoms. The molecule has 0 saturated carbocycles. The van der Waals surface area contributed by atoms with E-state index in [1.807, 2.05) is 0 Å². The predicted molar refractivity (Wildman–Crippen MR) is 115 cm³/mol. The van der Waals surface area contributed by atoms with E-state index >= 15 is 0 Å². The highest BCUT2D eigenvalue weighted by Crippen LogP contribution is 2.27. The van der Waals surface area contributed by atoms with Crippen LogP contribution >= 0.6 is 27.5 Å². The molecule has 1 aliphatic rings. The fourth-order valence-corrected chi connectivity index (χ4v) is 5.38. The van der Waals surface area contributed by atoms with Crippen LogP contribution in [0.3, 0.4) is 0 Å². The number of rotatable bonds is 6. The van der Waals surface area contributed by atoms with Crippen molar-refractivity contribution in [1.82, 2.24) is 9.73 Å². The first-order valence-electron chi connectivity index (χ1n) is 8.77. The van der Waals surface area contributed by atoms with Gasteiger partial charge in [-0.15, -0.1) is 0 Å². The van der Waals surface area contributed by atoms with E-state index in [2.05, 4.69) is 26.5 Å². The summed E-state index contributed by atoms with van der Waals surface area (Å²) in [6.45, 7) is 0.276. The Kier molecular flexibility index (Phi) is 6.94. The quantitative estimate of drug-likeness (QED) is 0.486. The summed E-state index contributed by atoms with van der Waals surface area (Å²) >= 11 is 9.22. The highest BCUT2D eigenvalue weighted by atomic mass is 79.9. The SMILES string of the molecule is COc1ccc(/C=N\NC(=O)[C@@H]2CCCN2S(=O)(=O)c2ccc(Cl)cc2)cc1Br. The van der Waals surface area contributed by atoms with Crippen LogP contribution in [0.1, 0.15) is 18.4 Å². The number of ether oxygens (including phenoxy) is 1. The lowest BCUT2D eigenvalue weighted by Crippen LogP contribution is -2.44. The van der Waals surface area contributed by atoms with Crippen molar-refractivity contribution in [1.29, 1.82) is 0 Å². The Labute approximate surface area is 182 Å². The Bertz CT molecular complexity index is 1030. The fourth-order valence-electron chi connectivity index (χ4n) is 3.04. The molecule has 2 aromatic rings. The van der Waals surface area contributed by atoms with Gasteiger partial charge in [0, 0.05) is 11.6 Å². The maximum atomic E-state index is 12.9. The zero-order valence-corrected chi connectivity index (χ0v) is 18.7. The van der Waals surface area contributed by atoms with Gasteiger partial charge in [0.25, 0.3) is 5.91 Å². The Morgan fingerprint density at radius 3 is 2.69 bits per heavy atom. The lowest BCUT2D eigenvalue weighted by Gasteiger charge is -2.22. The van der Waals surface area contributed by atoms with Crippen molar-refractivity contribution in [3.63, 3.8) is 0 Å². The van der Waals surface area contributed by atoms with Gasteiger partial charge < -0.3 is 4.74 Å². The molecular formula is C19H19BrClN3O4S. The second kappa shape index (κ2) is 9.25. The van der Waals surface area contributed by atoms with E-state index < -0.39 is 22.0 Å². The van der Waals surface area contributed by atoms with Crippen LogP contribution in [-0.2, 0) is 14.8 Å². The number of sulfonamides is 1. The first kappa shape index (κ1) is 21.8. The van der Waals surface area contributed by atoms with E-state index in [4.69, 9.17) is 16.3 Å². The van der Waals surface area contributed by atoms with Gasteiger partial charge in [-0.1, -0.05) is 11.6 Å². The van der Waals surface area contributed by atoms with Crippen molar-refractivity contribution in [2.75, 3.05) is 13.7 Å². The van der Waals surface area contributed by atoms with Crippen molar-refractivity contribution >= 4 is 49.7 Å². The van der Waals surface area contributed by atoms with Gasteiger partial charge in [-0.25, -0.2) is 13.8 Å². The van der Waals surface area contributed by atoms with Crippen LogP contribution in [0.5, 0.6) is 5.75 Å². The minimum atomic E-state index is -3.80. The lowest BCUT2D eigenvalue weighted by atomic mass is 10.2. The highest BCUT2D eigenvalue weighted by molar-refractivity contribution is 9.10. The summed E-state index contributed by atoms with van der Waals surface area (Å²) in [5.74, 6) is 0.212. The number of carbonyl (C=O) groups excluding carboxylic acids is 1. The third-order valence-electron chi connectivity index (χ3n) is 4.49. The average Bonchev–Trinajstić information content (AvgIpc) is 3.19. The summed E-state index contributed by atoms with van der Waals surface area (Å²) in [7, 11) is -2.23. The number of hydrazone groups is 1. The molecule has 0 aromatic heterocycles. The number of hydrogen-bond donors (Lipinski definition) is 1. The van der Waals surface area contributed by atoms with Crippen LogP contribution in [0, 0.1) is 0 Å². The molecule has 0 bridgehead atoms. The predicted octanol–water partition coefficient (Wildman–Crippen LogP) is 3.41. The minimum absolute atomic E-state index is 0.105. The minimum Gasteiger partial charge on any atom is -0.496 e. The topological polar surface area (TPSA) is 88.1 Å². The van der Waals surface area contributed by atoms with E-state index in [1.54, 1.807) is 25.3 Å². The van der Waals surface area contributed by atoms with Gasteiger partial charge in [0.05, 0.1) is 22.7 Å². The van der Waals surface area contributed by atoms with Gasteiger partial charge >= 0.3 is 0 Å². The zero-order chi connectivity index (χ0) is 21.0. The van der Waals surface area contributed by atoms with Gasteiger partial charge in [-0.3, -0.25) is 4.79 Å². The molecule has 1 atom stereocenters. The molecule has 7 nitrogen and oxygen atoms in total. The van der Waals surface area contributed by atoms with E-state index in [0.29, 0.717) is 23.6 Å². The number of amides is 1. The lowest BCUT2D eigenvalue weighted by molar-refractivity contribution is -0.124. The third-order valence-corrected chi connectivity index (χ3v) is 7.28. The zero-order valence-electron chi connectivity index (χ0n) is 15.5. The smallest absolute Gasteiger partial charge is 0.258 e. The Balaban J connectivity index is 1.70. The van der Waals surface area contributed by atoms with Crippen LogP contribution in [0.25, 0.3) is 0 Å². The van der Waals surface area contributed by atoms with Gasteiger partial charge in [-0.05, 0) is 76.8 Å². The third kappa shape index (κ3) is 4.98. The van der Waals surface area contributed by atoms with Gasteiger partial charge in [0.2, 0.25) is 10.0 Å². The molecule has 154 valence electrons. The summed E-state index contributed by atoms with van der Waals surface area (Å²) in [6, 6.07) is 10.4. The second-order valence-electron chi connectivity index (χ2n) is 6.36. The Morgan fingerprint density at radius 2 is 2.03 bits per heavy atom. The first-order chi connectivity index (χ1) is 13.8. The van der Waals surface area contributed by atoms with Crippen LogP contribution in [-0.4, -0.2) is 44.5 Å². The summed E-state index contributed by atoms with van der Waals surface area (Å²) in [5, 5.41) is 4.40. The summed E-state index contributed by atoms with van der Waals surface area (Å²) in [4.78, 5) is 12.7. The van der Waals surface area contributed by atoms with E-state index in [0.717, 1.165) is 10.0 Å². The molecule has 10 heteroatoms. The normalized spacial score (nSPS) is 17.6. The Hall–Kier alpha value is -1.94. The molecular weight excluding hydrogens is 482 g/mol. The molecule has 1 amide bonds. The number of hydrogen-bond acceptors (Lipinski definition) is 5. The van der Waals surface area contributed by atoms with Crippen molar-refractivity contribution in [2.45, 2.75) is 23.8 Å². The van der Waals surface area contributed by atoms with Crippen LogP contribution < -0.4 is 10.2 Å². The fraction of sp³-hybridized carbons (Fsp3) is 0.263. The van der Waals surface area contributed by atoms with Gasteiger partial charge in [0.15, 0.2) is 0 Å². The number of benzene rings is 2. The molecule has 0 spiro atoms. The molecule has 1 aliphatic heterocycles. The van der Waals surface area contributed by atoms with Gasteiger partial charge in [0.1, 0.15) is 11.8 Å². The number of carbonyl (C=O) groups is 1. The molecule has 0 radical (unpaired) electrons. The average molecular weight is 501 g/mol. The van der Waals surface area contributed by atoms with Crippen LogP contribution in [0.15, 0.2) is 56.9 Å². The summed E-state index contributed by atoms with van der Waals surface area (Å²) in [5.41, 5.74) is 3.19. The van der Waals surface area contributed by atoms with E-state index in [9.17, 15) is 13.2 Å². The Morgan fingerprint density at radius 1 is 1.31 bits per heavy atom. The number of halogens is 2. The van der Waals surface area contributed by atoms with E-state index in [-0.39, 0.29) is 11.4 Å². The molecule has 1 fully saturated rings. The van der Waals surface area contributed by atoms with Crippen molar-refractivity contribution in [2.24, 2.45) is 5.10 Å². The molecule has 2 aromatic carbocycles. The first-order valence-corrected chi connectivity index (χ1v) is 11.4. The number of nitrogens with zero attached hydrogens (tertiary/aromatic N) is 2. The van der Waals surface area contributed by atoms with Crippen molar-refractivity contribution in [3.8, 4) is 5.75 Å².